The highest BCUT2D eigenvalue weighted by molar-refractivity contribution is 6.35. The van der Waals surface area contributed by atoms with Gasteiger partial charge in [0.15, 0.2) is 0 Å². The van der Waals surface area contributed by atoms with E-state index in [9.17, 15) is 4.79 Å². The monoisotopic (exact) mass is 280 g/mol. The summed E-state index contributed by atoms with van der Waals surface area (Å²) in [5.74, 6) is -0.925. The highest BCUT2D eigenvalue weighted by Crippen LogP contribution is 2.23. The van der Waals surface area contributed by atoms with Gasteiger partial charge in [0.1, 0.15) is 0 Å². The van der Waals surface area contributed by atoms with Crippen molar-refractivity contribution in [3.05, 3.63) is 69.2 Å². The normalized spacial score (nSPS) is 10.3. The summed E-state index contributed by atoms with van der Waals surface area (Å²) >= 11 is 11.9. The van der Waals surface area contributed by atoms with E-state index in [1.54, 1.807) is 36.4 Å². The van der Waals surface area contributed by atoms with Gasteiger partial charge in [0.2, 0.25) is 0 Å². The zero-order valence-corrected chi connectivity index (χ0v) is 10.9. The van der Waals surface area contributed by atoms with Gasteiger partial charge >= 0.3 is 5.97 Å². The van der Waals surface area contributed by atoms with Crippen molar-refractivity contribution in [2.24, 2.45) is 0 Å². The van der Waals surface area contributed by atoms with Crippen LogP contribution in [-0.2, 0) is 6.42 Å². The summed E-state index contributed by atoms with van der Waals surface area (Å²) in [7, 11) is 0. The van der Waals surface area contributed by atoms with Gasteiger partial charge in [0, 0.05) is 10.0 Å². The topological polar surface area (TPSA) is 37.3 Å². The molecule has 0 saturated heterocycles. The Morgan fingerprint density at radius 3 is 2.28 bits per heavy atom. The summed E-state index contributed by atoms with van der Waals surface area (Å²) in [6, 6.07) is 12.1. The van der Waals surface area contributed by atoms with Gasteiger partial charge in [-0.2, -0.15) is 0 Å². The van der Waals surface area contributed by atoms with Crippen LogP contribution in [0.2, 0.25) is 10.0 Å². The van der Waals surface area contributed by atoms with Gasteiger partial charge in [-0.25, -0.2) is 4.79 Å². The number of carbonyl (C=O) groups is 1. The fourth-order valence-electron chi connectivity index (χ4n) is 1.65. The van der Waals surface area contributed by atoms with Crippen LogP contribution >= 0.6 is 23.2 Å². The maximum Gasteiger partial charge on any atom is 0.335 e. The zero-order valence-electron chi connectivity index (χ0n) is 9.36. The molecule has 18 heavy (non-hydrogen) atoms. The molecule has 1 N–H and O–H groups in total. The summed E-state index contributed by atoms with van der Waals surface area (Å²) in [4.78, 5) is 10.7. The minimum absolute atomic E-state index is 0.279. The molecule has 2 nitrogen and oxygen atoms in total. The van der Waals surface area contributed by atoms with Crippen LogP contribution in [0.4, 0.5) is 0 Å². The molecule has 2 aromatic rings. The predicted octanol–water partition coefficient (Wildman–Crippen LogP) is 4.28. The molecule has 0 atom stereocenters. The summed E-state index contributed by atoms with van der Waals surface area (Å²) in [5, 5.41) is 10.0. The molecule has 0 spiro atoms. The lowest BCUT2D eigenvalue weighted by Gasteiger charge is -2.05. The van der Waals surface area contributed by atoms with E-state index in [-0.39, 0.29) is 5.56 Å². The Balaban J connectivity index is 2.21. The van der Waals surface area contributed by atoms with Gasteiger partial charge in [0.05, 0.1) is 5.56 Å². The molecule has 0 bridgehead atoms. The predicted molar refractivity (Wildman–Crippen MR) is 72.7 cm³/mol. The van der Waals surface area contributed by atoms with Gasteiger partial charge in [-0.05, 0) is 41.8 Å². The summed E-state index contributed by atoms with van der Waals surface area (Å²) < 4.78 is 0. The van der Waals surface area contributed by atoms with E-state index in [0.717, 1.165) is 11.1 Å². The number of rotatable bonds is 3. The van der Waals surface area contributed by atoms with E-state index in [0.29, 0.717) is 16.5 Å². The van der Waals surface area contributed by atoms with Crippen LogP contribution < -0.4 is 0 Å². The van der Waals surface area contributed by atoms with Crippen LogP contribution in [-0.4, -0.2) is 11.1 Å². The van der Waals surface area contributed by atoms with Gasteiger partial charge < -0.3 is 5.11 Å². The van der Waals surface area contributed by atoms with Crippen molar-refractivity contribution >= 4 is 29.2 Å². The molecule has 0 radical (unpaired) electrons. The number of carboxylic acids is 1. The Hall–Kier alpha value is -1.51. The SMILES string of the molecule is O=C(O)c1ccc(Cc2ccc(Cl)cc2Cl)cc1. The second-order valence-corrected chi connectivity index (χ2v) is 4.76. The van der Waals surface area contributed by atoms with Crippen LogP contribution in [0.25, 0.3) is 0 Å². The number of hydrogen-bond donors (Lipinski definition) is 1. The Bertz CT molecular complexity index is 577. The summed E-state index contributed by atoms with van der Waals surface area (Å²) in [5.41, 5.74) is 2.24. The maximum absolute atomic E-state index is 10.7. The molecule has 0 aromatic heterocycles. The van der Waals surface area contributed by atoms with Gasteiger partial charge in [-0.15, -0.1) is 0 Å². The first-order valence-corrected chi connectivity index (χ1v) is 6.08. The molecule has 0 saturated carbocycles. The molecule has 2 rings (SSSR count). The van der Waals surface area contributed by atoms with Crippen LogP contribution in [0, 0.1) is 0 Å². The minimum atomic E-state index is -0.925. The van der Waals surface area contributed by atoms with Gasteiger partial charge in [-0.1, -0.05) is 41.4 Å². The van der Waals surface area contributed by atoms with Crippen molar-refractivity contribution in [1.82, 2.24) is 0 Å². The first kappa shape index (κ1) is 12.9. The number of hydrogen-bond acceptors (Lipinski definition) is 1. The molecule has 0 aliphatic rings. The fraction of sp³-hybridized carbons (Fsp3) is 0.0714. The Morgan fingerprint density at radius 1 is 1.06 bits per heavy atom. The molecule has 2 aromatic carbocycles. The lowest BCUT2D eigenvalue weighted by Crippen LogP contribution is -1.96. The molecular weight excluding hydrogens is 271 g/mol. The Morgan fingerprint density at radius 2 is 1.72 bits per heavy atom. The van der Waals surface area contributed by atoms with Crippen molar-refractivity contribution in [3.63, 3.8) is 0 Å². The van der Waals surface area contributed by atoms with Crippen LogP contribution in [0.5, 0.6) is 0 Å². The maximum atomic E-state index is 10.7. The van der Waals surface area contributed by atoms with E-state index in [1.165, 1.54) is 0 Å². The number of halogens is 2. The van der Waals surface area contributed by atoms with Crippen molar-refractivity contribution < 1.29 is 9.90 Å². The van der Waals surface area contributed by atoms with Crippen LogP contribution in [0.15, 0.2) is 42.5 Å². The van der Waals surface area contributed by atoms with E-state index < -0.39 is 5.97 Å². The molecular formula is C14H10Cl2O2. The molecule has 0 amide bonds. The highest BCUT2D eigenvalue weighted by atomic mass is 35.5. The summed E-state index contributed by atoms with van der Waals surface area (Å²) in [6.45, 7) is 0. The molecule has 0 aliphatic carbocycles. The molecule has 0 fully saturated rings. The average Bonchev–Trinajstić information content (AvgIpc) is 2.33. The molecule has 92 valence electrons. The standard InChI is InChI=1S/C14H10Cl2O2/c15-12-6-5-11(13(16)8-12)7-9-1-3-10(4-2-9)14(17)18/h1-6,8H,7H2,(H,17,18). The third kappa shape index (κ3) is 3.03. The Labute approximate surface area is 115 Å². The van der Waals surface area contributed by atoms with Crippen molar-refractivity contribution in [2.45, 2.75) is 6.42 Å². The van der Waals surface area contributed by atoms with Crippen molar-refractivity contribution in [2.75, 3.05) is 0 Å². The number of carboxylic acid groups (broad SMARTS) is 1. The third-order valence-corrected chi connectivity index (χ3v) is 3.20. The lowest BCUT2D eigenvalue weighted by atomic mass is 10.0. The van der Waals surface area contributed by atoms with Gasteiger partial charge in [0.25, 0.3) is 0 Å². The van der Waals surface area contributed by atoms with E-state index in [4.69, 9.17) is 28.3 Å². The first-order chi connectivity index (χ1) is 8.56. The minimum Gasteiger partial charge on any atom is -0.478 e. The van der Waals surface area contributed by atoms with Crippen LogP contribution in [0.1, 0.15) is 21.5 Å². The number of aromatic carboxylic acids is 1. The lowest BCUT2D eigenvalue weighted by molar-refractivity contribution is 0.0697. The van der Waals surface area contributed by atoms with Crippen molar-refractivity contribution in [1.29, 1.82) is 0 Å². The smallest absolute Gasteiger partial charge is 0.335 e. The fourth-order valence-corrected chi connectivity index (χ4v) is 2.13. The van der Waals surface area contributed by atoms with Crippen molar-refractivity contribution in [3.8, 4) is 0 Å². The quantitative estimate of drug-likeness (QED) is 0.911. The van der Waals surface area contributed by atoms with E-state index in [1.807, 2.05) is 6.07 Å². The molecule has 0 heterocycles. The van der Waals surface area contributed by atoms with E-state index >= 15 is 0 Å². The largest absolute Gasteiger partial charge is 0.478 e. The third-order valence-electron chi connectivity index (χ3n) is 2.61. The molecule has 4 heteroatoms. The highest BCUT2D eigenvalue weighted by Gasteiger charge is 2.05. The van der Waals surface area contributed by atoms with Gasteiger partial charge in [-0.3, -0.25) is 0 Å². The Kier molecular flexibility index (Phi) is 3.90. The zero-order chi connectivity index (χ0) is 13.1. The molecule has 0 unspecified atom stereocenters. The number of benzene rings is 2. The average molecular weight is 281 g/mol. The summed E-state index contributed by atoms with van der Waals surface area (Å²) in [6.07, 6.45) is 0.649. The second kappa shape index (κ2) is 5.42. The molecule has 0 aliphatic heterocycles. The second-order valence-electron chi connectivity index (χ2n) is 3.91. The van der Waals surface area contributed by atoms with Crippen LogP contribution in [0.3, 0.4) is 0 Å². The van der Waals surface area contributed by atoms with E-state index in [2.05, 4.69) is 0 Å². The first-order valence-electron chi connectivity index (χ1n) is 5.32.